The highest BCUT2D eigenvalue weighted by Crippen LogP contribution is 2.82. The van der Waals surface area contributed by atoms with Crippen molar-refractivity contribution in [1.82, 2.24) is 10.2 Å². The number of aliphatic imine (C=N–C) groups is 1. The summed E-state index contributed by atoms with van der Waals surface area (Å²) >= 11 is 5.97. The Morgan fingerprint density at radius 3 is 2.57 bits per heavy atom. The first-order chi connectivity index (χ1) is 10.8. The number of halogens is 1. The maximum Gasteiger partial charge on any atom is 0.134 e. The van der Waals surface area contributed by atoms with Crippen LogP contribution in [0, 0.1) is 17.8 Å². The fourth-order valence-electron chi connectivity index (χ4n) is 4.08. The van der Waals surface area contributed by atoms with Crippen LogP contribution >= 0.6 is 11.6 Å². The first-order valence-corrected chi connectivity index (χ1v) is 8.49. The normalized spacial score (nSPS) is 36.0. The van der Waals surface area contributed by atoms with Gasteiger partial charge in [-0.15, -0.1) is 6.42 Å². The molecule has 0 amide bonds. The van der Waals surface area contributed by atoms with E-state index >= 15 is 0 Å². The van der Waals surface area contributed by atoms with E-state index in [0.29, 0.717) is 0 Å². The molecule has 1 N–H and O–H groups in total. The number of amidine groups is 1. The monoisotopic (exact) mass is 327 g/mol. The van der Waals surface area contributed by atoms with E-state index in [1.165, 1.54) is 18.4 Å². The molecule has 2 saturated carbocycles. The van der Waals surface area contributed by atoms with Crippen LogP contribution < -0.4 is 5.32 Å². The average Bonchev–Trinajstić information content (AvgIpc) is 3.29. The van der Waals surface area contributed by atoms with Gasteiger partial charge in [-0.1, -0.05) is 29.7 Å². The molecule has 0 unspecified atom stereocenters. The number of fused-ring (bicyclic) bond motifs is 1. The van der Waals surface area contributed by atoms with Crippen molar-refractivity contribution in [2.45, 2.75) is 50.4 Å². The van der Waals surface area contributed by atoms with Crippen LogP contribution in [0.1, 0.15) is 32.3 Å². The first kappa shape index (κ1) is 15.1. The lowest BCUT2D eigenvalue weighted by molar-refractivity contribution is 0.263. The van der Waals surface area contributed by atoms with Crippen molar-refractivity contribution in [3.05, 3.63) is 34.9 Å². The molecular weight excluding hydrogens is 306 g/mol. The topological polar surface area (TPSA) is 27.6 Å². The summed E-state index contributed by atoms with van der Waals surface area (Å²) in [7, 11) is 2.21. The third-order valence-corrected chi connectivity index (χ3v) is 6.14. The second-order valence-corrected chi connectivity index (χ2v) is 8.28. The first-order valence-electron chi connectivity index (χ1n) is 8.11. The van der Waals surface area contributed by atoms with E-state index < -0.39 is 0 Å². The highest BCUT2D eigenvalue weighted by Gasteiger charge is 2.87. The Hall–Kier alpha value is -1.50. The maximum atomic E-state index is 5.97. The molecule has 0 spiro atoms. The molecule has 3 nitrogen and oxygen atoms in total. The van der Waals surface area contributed by atoms with Crippen molar-refractivity contribution in [3.8, 4) is 12.3 Å². The van der Waals surface area contributed by atoms with Crippen LogP contribution in [0.5, 0.6) is 0 Å². The SMILES string of the molecule is C#C[C@@H]1N=C(C23CC2(N(C)Cc2ccc(Cl)cc2)C3)NC1(C)C. The van der Waals surface area contributed by atoms with Gasteiger partial charge in [0.25, 0.3) is 0 Å². The Labute approximate surface area is 143 Å². The van der Waals surface area contributed by atoms with Crippen LogP contribution in [0.25, 0.3) is 0 Å². The molecule has 4 rings (SSSR count). The van der Waals surface area contributed by atoms with Crippen molar-refractivity contribution in [2.24, 2.45) is 10.4 Å². The van der Waals surface area contributed by atoms with Crippen molar-refractivity contribution in [3.63, 3.8) is 0 Å². The summed E-state index contributed by atoms with van der Waals surface area (Å²) in [5, 5.41) is 4.38. The lowest BCUT2D eigenvalue weighted by atomic mass is 9.97. The summed E-state index contributed by atoms with van der Waals surface area (Å²) in [5.41, 5.74) is 1.65. The maximum absolute atomic E-state index is 5.97. The van der Waals surface area contributed by atoms with E-state index in [-0.39, 0.29) is 22.5 Å². The minimum Gasteiger partial charge on any atom is -0.365 e. The fourth-order valence-corrected chi connectivity index (χ4v) is 4.21. The highest BCUT2D eigenvalue weighted by atomic mass is 35.5. The molecule has 0 saturated heterocycles. The number of hydrogen-bond acceptors (Lipinski definition) is 3. The molecule has 4 heteroatoms. The third-order valence-electron chi connectivity index (χ3n) is 5.89. The lowest BCUT2D eigenvalue weighted by Gasteiger charge is -2.23. The van der Waals surface area contributed by atoms with Gasteiger partial charge in [0.2, 0.25) is 0 Å². The quantitative estimate of drug-likeness (QED) is 0.861. The molecule has 1 aliphatic heterocycles. The van der Waals surface area contributed by atoms with Crippen molar-refractivity contribution in [1.29, 1.82) is 0 Å². The van der Waals surface area contributed by atoms with E-state index in [1.807, 2.05) is 12.1 Å². The number of terminal acetylenes is 1. The molecule has 3 aliphatic rings. The Kier molecular flexibility index (Phi) is 2.96. The molecule has 0 radical (unpaired) electrons. The number of rotatable bonds is 4. The largest absolute Gasteiger partial charge is 0.365 e. The predicted octanol–water partition coefficient (Wildman–Crippen LogP) is 3.09. The van der Waals surface area contributed by atoms with Gasteiger partial charge >= 0.3 is 0 Å². The third kappa shape index (κ3) is 2.05. The van der Waals surface area contributed by atoms with Gasteiger partial charge in [-0.05, 0) is 51.4 Å². The lowest BCUT2D eigenvalue weighted by Crippen LogP contribution is -2.45. The minimum absolute atomic E-state index is 0.0626. The summed E-state index contributed by atoms with van der Waals surface area (Å²) in [4.78, 5) is 7.28. The van der Waals surface area contributed by atoms with Gasteiger partial charge in [0, 0.05) is 22.5 Å². The van der Waals surface area contributed by atoms with Gasteiger partial charge in [-0.25, -0.2) is 0 Å². The second kappa shape index (κ2) is 4.53. The molecule has 1 aromatic rings. The Balaban J connectivity index is 1.48. The number of nitrogens with one attached hydrogen (secondary N) is 1. The van der Waals surface area contributed by atoms with Crippen LogP contribution in [-0.4, -0.2) is 34.9 Å². The average molecular weight is 328 g/mol. The zero-order chi connectivity index (χ0) is 16.5. The number of benzene rings is 1. The van der Waals surface area contributed by atoms with Crippen LogP contribution in [0.15, 0.2) is 29.3 Å². The molecule has 120 valence electrons. The summed E-state index contributed by atoms with van der Waals surface area (Å²) in [6, 6.07) is 8.05. The van der Waals surface area contributed by atoms with Crippen LogP contribution in [0.3, 0.4) is 0 Å². The fraction of sp³-hybridized carbons (Fsp3) is 0.526. The number of nitrogens with zero attached hydrogens (tertiary/aromatic N) is 2. The van der Waals surface area contributed by atoms with Gasteiger partial charge in [-0.2, -0.15) is 0 Å². The molecule has 23 heavy (non-hydrogen) atoms. The summed E-state index contributed by atoms with van der Waals surface area (Å²) in [5.74, 6) is 3.95. The summed E-state index contributed by atoms with van der Waals surface area (Å²) in [6.45, 7) is 5.21. The van der Waals surface area contributed by atoms with Gasteiger partial charge in [0.1, 0.15) is 11.9 Å². The van der Waals surface area contributed by atoms with Gasteiger partial charge in [-0.3, -0.25) is 9.89 Å². The highest BCUT2D eigenvalue weighted by molar-refractivity contribution is 6.30. The van der Waals surface area contributed by atoms with Crippen molar-refractivity contribution in [2.75, 3.05) is 7.05 Å². The second-order valence-electron chi connectivity index (χ2n) is 7.84. The molecular formula is C19H22ClN3. The van der Waals surface area contributed by atoms with Crippen LogP contribution in [0.2, 0.25) is 5.02 Å². The molecule has 2 aliphatic carbocycles. The van der Waals surface area contributed by atoms with Gasteiger partial charge in [0.05, 0.1) is 5.54 Å². The Bertz CT molecular complexity index is 720. The van der Waals surface area contributed by atoms with E-state index in [4.69, 9.17) is 23.0 Å². The standard InChI is InChI=1S/C19H22ClN3/c1-5-15-17(2,3)22-16(21-15)18-11-19(18,12-18)23(4)10-13-6-8-14(20)9-7-13/h1,6-9,15H,10-12H2,2-4H3,(H,21,22)/t15-,18?,19?/m0/s1. The molecule has 2 fully saturated rings. The summed E-state index contributed by atoms with van der Waals surface area (Å²) in [6.07, 6.45) is 8.01. The van der Waals surface area contributed by atoms with E-state index in [1.54, 1.807) is 0 Å². The molecule has 1 heterocycles. The van der Waals surface area contributed by atoms with Gasteiger partial charge < -0.3 is 5.32 Å². The van der Waals surface area contributed by atoms with E-state index in [2.05, 4.69) is 49.2 Å². The number of hydrogen-bond donors (Lipinski definition) is 1. The predicted molar refractivity (Wildman–Crippen MR) is 94.6 cm³/mol. The molecule has 0 bridgehead atoms. The zero-order valence-electron chi connectivity index (χ0n) is 13.9. The van der Waals surface area contributed by atoms with E-state index in [0.717, 1.165) is 17.4 Å². The Morgan fingerprint density at radius 1 is 1.35 bits per heavy atom. The van der Waals surface area contributed by atoms with Crippen LogP contribution in [0.4, 0.5) is 0 Å². The van der Waals surface area contributed by atoms with Crippen molar-refractivity contribution < 1.29 is 0 Å². The van der Waals surface area contributed by atoms with Crippen LogP contribution in [-0.2, 0) is 6.54 Å². The minimum atomic E-state index is -0.134. The molecule has 1 atom stereocenters. The van der Waals surface area contributed by atoms with E-state index in [9.17, 15) is 0 Å². The molecule has 1 aromatic carbocycles. The zero-order valence-corrected chi connectivity index (χ0v) is 14.6. The van der Waals surface area contributed by atoms with Crippen molar-refractivity contribution >= 4 is 17.4 Å². The molecule has 0 aromatic heterocycles. The van der Waals surface area contributed by atoms with Gasteiger partial charge in [0.15, 0.2) is 0 Å². The smallest absolute Gasteiger partial charge is 0.134 e. The summed E-state index contributed by atoms with van der Waals surface area (Å²) < 4.78 is 0. The Morgan fingerprint density at radius 2 is 2.00 bits per heavy atom.